The van der Waals surface area contributed by atoms with Crippen LogP contribution in [-0.4, -0.2) is 40.0 Å². The summed E-state index contributed by atoms with van der Waals surface area (Å²) < 4.78 is 9.79. The summed E-state index contributed by atoms with van der Waals surface area (Å²) in [6.07, 6.45) is 3.63. The summed E-state index contributed by atoms with van der Waals surface area (Å²) in [5.74, 6) is 1.38. The van der Waals surface area contributed by atoms with Gasteiger partial charge in [-0.05, 0) is 78.4 Å². The lowest BCUT2D eigenvalue weighted by molar-refractivity contribution is 0.134. The zero-order chi connectivity index (χ0) is 32.8. The maximum Gasteiger partial charge on any atom is 0.262 e. The molecule has 4 aromatic heterocycles. The fraction of sp³-hybridized carbons (Fsp3) is 0.216. The van der Waals surface area contributed by atoms with Gasteiger partial charge in [-0.3, -0.25) is 9.36 Å². The first-order valence-electron chi connectivity index (χ1n) is 15.9. The molecule has 1 fully saturated rings. The van der Waals surface area contributed by atoms with E-state index in [0.717, 1.165) is 40.7 Å². The number of aromatic hydroxyl groups is 1. The second-order valence-corrected chi connectivity index (χ2v) is 14.0. The third kappa shape index (κ3) is 4.27. The molecule has 2 aliphatic rings. The van der Waals surface area contributed by atoms with E-state index in [4.69, 9.17) is 20.6 Å². The quantitative estimate of drug-likeness (QED) is 0.207. The highest BCUT2D eigenvalue weighted by Crippen LogP contribution is 2.50. The lowest BCUT2D eigenvalue weighted by atomic mass is 9.95. The van der Waals surface area contributed by atoms with Crippen molar-refractivity contribution in [2.75, 3.05) is 5.73 Å². The van der Waals surface area contributed by atoms with Crippen LogP contribution in [0, 0.1) is 0 Å². The molecule has 0 amide bonds. The van der Waals surface area contributed by atoms with Crippen LogP contribution in [0.1, 0.15) is 43.6 Å². The van der Waals surface area contributed by atoms with Crippen molar-refractivity contribution >= 4 is 39.1 Å². The summed E-state index contributed by atoms with van der Waals surface area (Å²) in [4.78, 5) is 29.1. The Morgan fingerprint density at radius 1 is 0.979 bits per heavy atom. The van der Waals surface area contributed by atoms with Gasteiger partial charge >= 0.3 is 0 Å². The molecule has 11 heteroatoms. The molecule has 0 unspecified atom stereocenters. The lowest BCUT2D eigenvalue weighted by Gasteiger charge is -2.24. The first-order chi connectivity index (χ1) is 23.2. The SMILES string of the molecule is CC1(C)Cc2c(-c3nn(Cc4nc5cccc(-c6ccsc6)c5c(=O)n4C4(c5ccccc5)CC4)c4ncnc(N)c34)ccc(O)c2O1. The normalized spacial score (nSPS) is 15.9. The fourth-order valence-corrected chi connectivity index (χ4v) is 7.97. The number of thiophene rings is 1. The number of nitrogens with two attached hydrogens (primary N) is 1. The molecule has 0 spiro atoms. The van der Waals surface area contributed by atoms with Gasteiger partial charge in [-0.15, -0.1) is 0 Å². The zero-order valence-electron chi connectivity index (χ0n) is 26.3. The van der Waals surface area contributed by atoms with E-state index in [-0.39, 0.29) is 23.7 Å². The van der Waals surface area contributed by atoms with Gasteiger partial charge in [0.1, 0.15) is 35.8 Å². The molecule has 0 saturated heterocycles. The first-order valence-corrected chi connectivity index (χ1v) is 16.8. The maximum absolute atomic E-state index is 14.9. The van der Waals surface area contributed by atoms with Gasteiger partial charge in [-0.25, -0.2) is 19.6 Å². The van der Waals surface area contributed by atoms with E-state index in [1.807, 2.05) is 72.3 Å². The predicted octanol–water partition coefficient (Wildman–Crippen LogP) is 6.52. The molecule has 7 aromatic rings. The van der Waals surface area contributed by atoms with E-state index < -0.39 is 11.1 Å². The van der Waals surface area contributed by atoms with Crippen LogP contribution in [-0.2, 0) is 18.5 Å². The van der Waals surface area contributed by atoms with Gasteiger partial charge in [0.15, 0.2) is 17.1 Å². The molecule has 48 heavy (non-hydrogen) atoms. The summed E-state index contributed by atoms with van der Waals surface area (Å²) in [5.41, 5.74) is 11.7. The average Bonchev–Trinajstić information content (AvgIpc) is 3.37. The van der Waals surface area contributed by atoms with Crippen molar-refractivity contribution in [1.29, 1.82) is 0 Å². The topological polar surface area (TPSA) is 134 Å². The van der Waals surface area contributed by atoms with Crippen molar-refractivity contribution in [3.8, 4) is 33.9 Å². The second-order valence-electron chi connectivity index (χ2n) is 13.2. The van der Waals surface area contributed by atoms with Crippen molar-refractivity contribution in [1.82, 2.24) is 29.3 Å². The highest BCUT2D eigenvalue weighted by atomic mass is 32.1. The van der Waals surface area contributed by atoms with E-state index in [2.05, 4.69) is 27.5 Å². The number of nitrogen functional groups attached to an aromatic ring is 1. The minimum atomic E-state index is -0.531. The highest BCUT2D eigenvalue weighted by molar-refractivity contribution is 7.08. The third-order valence-corrected chi connectivity index (χ3v) is 10.3. The van der Waals surface area contributed by atoms with E-state index in [1.165, 1.54) is 6.33 Å². The molecule has 1 aliphatic carbocycles. The Labute approximate surface area is 279 Å². The first kappa shape index (κ1) is 28.7. The summed E-state index contributed by atoms with van der Waals surface area (Å²) >= 11 is 1.60. The van der Waals surface area contributed by atoms with E-state index >= 15 is 0 Å². The van der Waals surface area contributed by atoms with Crippen LogP contribution in [0.2, 0.25) is 0 Å². The van der Waals surface area contributed by atoms with Crippen LogP contribution >= 0.6 is 11.3 Å². The van der Waals surface area contributed by atoms with Gasteiger partial charge in [0.25, 0.3) is 5.56 Å². The van der Waals surface area contributed by atoms with Crippen LogP contribution < -0.4 is 16.0 Å². The molecule has 1 saturated carbocycles. The largest absolute Gasteiger partial charge is 0.504 e. The Bertz CT molecular complexity index is 2460. The minimum Gasteiger partial charge on any atom is -0.504 e. The van der Waals surface area contributed by atoms with Gasteiger partial charge in [0.2, 0.25) is 0 Å². The molecule has 0 radical (unpaired) electrons. The number of hydrogen-bond acceptors (Lipinski definition) is 9. The molecule has 3 N–H and O–H groups in total. The van der Waals surface area contributed by atoms with Crippen LogP contribution in [0.4, 0.5) is 5.82 Å². The van der Waals surface area contributed by atoms with Crippen molar-refractivity contribution in [3.05, 3.63) is 111 Å². The Kier molecular flexibility index (Phi) is 6.10. The van der Waals surface area contributed by atoms with Crippen molar-refractivity contribution in [3.63, 3.8) is 0 Å². The number of phenols is 1. The molecular weight excluding hydrogens is 623 g/mol. The number of nitrogens with zero attached hydrogens (tertiary/aromatic N) is 6. The average molecular weight is 654 g/mol. The molecule has 3 aromatic carbocycles. The molecule has 238 valence electrons. The Hall–Kier alpha value is -5.55. The summed E-state index contributed by atoms with van der Waals surface area (Å²) in [5, 5.41) is 21.0. The number of aromatic nitrogens is 6. The fourth-order valence-electron chi connectivity index (χ4n) is 7.32. The van der Waals surface area contributed by atoms with Gasteiger partial charge in [-0.1, -0.05) is 42.5 Å². The summed E-state index contributed by atoms with van der Waals surface area (Å²) in [6, 6.07) is 21.5. The van der Waals surface area contributed by atoms with E-state index in [0.29, 0.717) is 45.6 Å². The number of hydrogen-bond donors (Lipinski definition) is 2. The number of anilines is 1. The summed E-state index contributed by atoms with van der Waals surface area (Å²) in [7, 11) is 0. The zero-order valence-corrected chi connectivity index (χ0v) is 27.2. The minimum absolute atomic E-state index is 0.0779. The van der Waals surface area contributed by atoms with Gasteiger partial charge in [-0.2, -0.15) is 16.4 Å². The number of ether oxygens (including phenoxy) is 1. The van der Waals surface area contributed by atoms with Gasteiger partial charge in [0.05, 0.1) is 21.8 Å². The van der Waals surface area contributed by atoms with Crippen LogP contribution in [0.25, 0.3) is 44.3 Å². The molecule has 1 aliphatic heterocycles. The number of benzene rings is 3. The smallest absolute Gasteiger partial charge is 0.262 e. The number of rotatable bonds is 6. The lowest BCUT2D eigenvalue weighted by Crippen LogP contribution is -2.36. The van der Waals surface area contributed by atoms with Crippen molar-refractivity contribution in [2.45, 2.75) is 50.8 Å². The predicted molar refractivity (Wildman–Crippen MR) is 186 cm³/mol. The van der Waals surface area contributed by atoms with Crippen LogP contribution in [0.15, 0.2) is 88.6 Å². The maximum atomic E-state index is 14.9. The molecule has 9 rings (SSSR count). The number of fused-ring (bicyclic) bond motifs is 3. The number of phenolic OH excluding ortho intramolecular Hbond substituents is 1. The molecule has 0 atom stereocenters. The van der Waals surface area contributed by atoms with Crippen LogP contribution in [0.3, 0.4) is 0 Å². The standard InChI is InChI=1S/C37H31N7O3S/c1-36(2)17-25-24(11-12-27(45)32(25)47-36)31-30-33(38)39-20-40-34(30)43(42-31)18-28-41-26-10-6-9-23(21-13-16-48-19-21)29(26)35(46)44(28)37(14-15-37)22-7-4-3-5-8-22/h3-13,16,19-20,45H,14-15,17-18H2,1-2H3,(H2,38,39,40). The molecular formula is C37H31N7O3S. The highest BCUT2D eigenvalue weighted by Gasteiger charge is 2.48. The Morgan fingerprint density at radius 2 is 1.81 bits per heavy atom. The van der Waals surface area contributed by atoms with Crippen molar-refractivity contribution in [2.24, 2.45) is 0 Å². The second kappa shape index (κ2) is 10.2. The molecule has 10 nitrogen and oxygen atoms in total. The van der Waals surface area contributed by atoms with Gasteiger partial charge < -0.3 is 15.6 Å². The summed E-state index contributed by atoms with van der Waals surface area (Å²) in [6.45, 7) is 4.14. The Balaban J connectivity index is 1.28. The molecule has 0 bridgehead atoms. The third-order valence-electron chi connectivity index (χ3n) is 9.59. The van der Waals surface area contributed by atoms with Gasteiger partial charge in [0, 0.05) is 17.5 Å². The molecule has 5 heterocycles. The Morgan fingerprint density at radius 3 is 2.58 bits per heavy atom. The monoisotopic (exact) mass is 653 g/mol. The van der Waals surface area contributed by atoms with E-state index in [1.54, 1.807) is 22.1 Å². The van der Waals surface area contributed by atoms with Crippen LogP contribution in [0.5, 0.6) is 11.5 Å². The van der Waals surface area contributed by atoms with E-state index in [9.17, 15) is 9.90 Å². The van der Waals surface area contributed by atoms with Crippen molar-refractivity contribution < 1.29 is 9.84 Å².